The van der Waals surface area contributed by atoms with Gasteiger partial charge >= 0.3 is 0 Å². The molecule has 0 saturated carbocycles. The summed E-state index contributed by atoms with van der Waals surface area (Å²) in [6.45, 7) is 1.78. The molecule has 3 N–H and O–H groups in total. The topological polar surface area (TPSA) is 64.1 Å². The second-order valence-corrected chi connectivity index (χ2v) is 4.06. The van der Waals surface area contributed by atoms with E-state index in [1.165, 1.54) is 12.8 Å². The van der Waals surface area contributed by atoms with Gasteiger partial charge in [-0.25, -0.2) is 4.98 Å². The lowest BCUT2D eigenvalue weighted by atomic mass is 10.1. The summed E-state index contributed by atoms with van der Waals surface area (Å²) in [6, 6.07) is 0.324. The van der Waals surface area contributed by atoms with Crippen molar-refractivity contribution in [1.29, 1.82) is 0 Å². The molecule has 0 amide bonds. The van der Waals surface area contributed by atoms with Crippen LogP contribution in [0.15, 0.2) is 10.6 Å². The van der Waals surface area contributed by atoms with Crippen LogP contribution >= 0.6 is 0 Å². The van der Waals surface area contributed by atoms with Crippen molar-refractivity contribution in [3.8, 4) is 0 Å². The molecule has 0 radical (unpaired) electrons. The Balaban J connectivity index is 1.93. The second kappa shape index (κ2) is 5.28. The highest BCUT2D eigenvalue weighted by atomic mass is 16.4. The maximum atomic E-state index is 5.70. The molecule has 1 aromatic heterocycles. The maximum Gasteiger partial charge on any atom is 0.211 e. The van der Waals surface area contributed by atoms with E-state index in [0.717, 1.165) is 37.5 Å². The molecular formula is C11H19N3O. The number of nitrogens with one attached hydrogen (secondary N) is 1. The Bertz CT molecular complexity index is 292. The zero-order valence-corrected chi connectivity index (χ0v) is 9.04. The first-order chi connectivity index (χ1) is 7.40. The molecule has 0 aromatic carbocycles. The number of hydrogen-bond acceptors (Lipinski definition) is 4. The number of hydrogen-bond donors (Lipinski definition) is 2. The van der Waals surface area contributed by atoms with Gasteiger partial charge in [-0.15, -0.1) is 0 Å². The van der Waals surface area contributed by atoms with Crippen LogP contribution in [0.3, 0.4) is 0 Å². The third-order valence-electron chi connectivity index (χ3n) is 2.81. The number of rotatable bonds is 4. The summed E-state index contributed by atoms with van der Waals surface area (Å²) < 4.78 is 5.70. The summed E-state index contributed by atoms with van der Waals surface area (Å²) in [4.78, 5) is 4.32. The summed E-state index contributed by atoms with van der Waals surface area (Å²) in [5.41, 5.74) is 5.45. The van der Waals surface area contributed by atoms with E-state index in [1.54, 1.807) is 0 Å². The first-order valence-electron chi connectivity index (χ1n) is 5.78. The highest BCUT2D eigenvalue weighted by Crippen LogP contribution is 2.22. The number of nitrogens with two attached hydrogens (primary N) is 1. The average molecular weight is 209 g/mol. The summed E-state index contributed by atoms with van der Waals surface area (Å²) in [7, 11) is 0. The largest absolute Gasteiger partial charge is 0.444 e. The third-order valence-corrected chi connectivity index (χ3v) is 2.81. The zero-order valence-electron chi connectivity index (χ0n) is 9.04. The lowest BCUT2D eigenvalue weighted by Gasteiger charge is -2.20. The van der Waals surface area contributed by atoms with Gasteiger partial charge in [0.05, 0.1) is 12.2 Å². The van der Waals surface area contributed by atoms with E-state index in [-0.39, 0.29) is 0 Å². The van der Waals surface area contributed by atoms with E-state index < -0.39 is 0 Å². The van der Waals surface area contributed by atoms with Gasteiger partial charge in [0.2, 0.25) is 5.89 Å². The lowest BCUT2D eigenvalue weighted by Crippen LogP contribution is -2.26. The molecule has 1 aliphatic heterocycles. The molecule has 1 atom stereocenters. The summed E-state index contributed by atoms with van der Waals surface area (Å²) in [5, 5.41) is 3.42. The number of aromatic nitrogens is 1. The van der Waals surface area contributed by atoms with Crippen LogP contribution in [0.5, 0.6) is 0 Å². The standard InChI is InChI=1S/C11H19N3O/c12-6-3-4-9-8-14-11(15-9)10-5-1-2-7-13-10/h8,10,13H,1-7,12H2. The maximum absolute atomic E-state index is 5.70. The Morgan fingerprint density at radius 1 is 1.53 bits per heavy atom. The number of aryl methyl sites for hydroxylation is 1. The molecule has 0 bridgehead atoms. The Labute approximate surface area is 90.2 Å². The van der Waals surface area contributed by atoms with Gasteiger partial charge < -0.3 is 15.5 Å². The van der Waals surface area contributed by atoms with Crippen molar-refractivity contribution in [2.75, 3.05) is 13.1 Å². The van der Waals surface area contributed by atoms with Crippen LogP contribution in [0.25, 0.3) is 0 Å². The molecule has 2 rings (SSSR count). The van der Waals surface area contributed by atoms with Gasteiger partial charge in [-0.2, -0.15) is 0 Å². The normalized spacial score (nSPS) is 21.8. The minimum Gasteiger partial charge on any atom is -0.444 e. The molecule has 4 heteroatoms. The van der Waals surface area contributed by atoms with Crippen LogP contribution in [0.1, 0.15) is 43.4 Å². The second-order valence-electron chi connectivity index (χ2n) is 4.06. The molecular weight excluding hydrogens is 190 g/mol. The predicted octanol–water partition coefficient (Wildman–Crippen LogP) is 1.38. The van der Waals surface area contributed by atoms with Crippen molar-refractivity contribution in [3.05, 3.63) is 17.8 Å². The Hall–Kier alpha value is -0.870. The highest BCUT2D eigenvalue weighted by Gasteiger charge is 2.19. The zero-order chi connectivity index (χ0) is 10.5. The Kier molecular flexibility index (Phi) is 3.75. The fourth-order valence-corrected chi connectivity index (χ4v) is 1.94. The van der Waals surface area contributed by atoms with Crippen molar-refractivity contribution in [2.45, 2.75) is 38.1 Å². The van der Waals surface area contributed by atoms with Gasteiger partial charge in [-0.3, -0.25) is 0 Å². The van der Waals surface area contributed by atoms with Crippen molar-refractivity contribution >= 4 is 0 Å². The quantitative estimate of drug-likeness (QED) is 0.786. The number of nitrogens with zero attached hydrogens (tertiary/aromatic N) is 1. The number of oxazole rings is 1. The van der Waals surface area contributed by atoms with Crippen molar-refractivity contribution < 1.29 is 4.42 Å². The van der Waals surface area contributed by atoms with E-state index >= 15 is 0 Å². The molecule has 84 valence electrons. The van der Waals surface area contributed by atoms with Gasteiger partial charge in [0.25, 0.3) is 0 Å². The van der Waals surface area contributed by atoms with Gasteiger partial charge in [0.1, 0.15) is 5.76 Å². The van der Waals surface area contributed by atoms with Crippen LogP contribution < -0.4 is 11.1 Å². The Morgan fingerprint density at radius 2 is 2.47 bits per heavy atom. The van der Waals surface area contributed by atoms with Crippen LogP contribution in [-0.2, 0) is 6.42 Å². The van der Waals surface area contributed by atoms with Gasteiger partial charge in [0.15, 0.2) is 0 Å². The monoisotopic (exact) mass is 209 g/mol. The van der Waals surface area contributed by atoms with Crippen LogP contribution in [-0.4, -0.2) is 18.1 Å². The molecule has 0 spiro atoms. The summed E-state index contributed by atoms with van der Waals surface area (Å²) in [5.74, 6) is 1.81. The number of piperidine rings is 1. The van der Waals surface area contributed by atoms with E-state index in [0.29, 0.717) is 12.6 Å². The first-order valence-corrected chi connectivity index (χ1v) is 5.78. The van der Waals surface area contributed by atoms with Gasteiger partial charge in [0, 0.05) is 6.42 Å². The molecule has 1 unspecified atom stereocenters. The minimum atomic E-state index is 0.324. The molecule has 1 saturated heterocycles. The van der Waals surface area contributed by atoms with E-state index in [9.17, 15) is 0 Å². The molecule has 15 heavy (non-hydrogen) atoms. The summed E-state index contributed by atoms with van der Waals surface area (Å²) >= 11 is 0. The summed E-state index contributed by atoms with van der Waals surface area (Å²) in [6.07, 6.45) is 7.36. The molecule has 0 aliphatic carbocycles. The minimum absolute atomic E-state index is 0.324. The van der Waals surface area contributed by atoms with Crippen LogP contribution in [0.2, 0.25) is 0 Å². The van der Waals surface area contributed by atoms with E-state index in [4.69, 9.17) is 10.2 Å². The van der Waals surface area contributed by atoms with Crippen molar-refractivity contribution in [2.24, 2.45) is 5.73 Å². The molecule has 1 aliphatic rings. The van der Waals surface area contributed by atoms with Gasteiger partial charge in [-0.1, -0.05) is 6.42 Å². The van der Waals surface area contributed by atoms with Crippen LogP contribution in [0, 0.1) is 0 Å². The average Bonchev–Trinajstić information content (AvgIpc) is 2.76. The van der Waals surface area contributed by atoms with Crippen LogP contribution in [0.4, 0.5) is 0 Å². The molecule has 4 nitrogen and oxygen atoms in total. The molecule has 2 heterocycles. The molecule has 1 aromatic rings. The Morgan fingerprint density at radius 3 is 3.20 bits per heavy atom. The lowest BCUT2D eigenvalue weighted by molar-refractivity contribution is 0.328. The fourth-order valence-electron chi connectivity index (χ4n) is 1.94. The predicted molar refractivity (Wildman–Crippen MR) is 58.5 cm³/mol. The third kappa shape index (κ3) is 2.79. The van der Waals surface area contributed by atoms with E-state index in [1.807, 2.05) is 6.20 Å². The SMILES string of the molecule is NCCCc1cnc(C2CCCCN2)o1. The van der Waals surface area contributed by atoms with Crippen molar-refractivity contribution in [1.82, 2.24) is 10.3 Å². The van der Waals surface area contributed by atoms with E-state index in [2.05, 4.69) is 10.3 Å². The fraction of sp³-hybridized carbons (Fsp3) is 0.727. The molecule has 1 fully saturated rings. The smallest absolute Gasteiger partial charge is 0.211 e. The van der Waals surface area contributed by atoms with Gasteiger partial charge in [-0.05, 0) is 32.4 Å². The highest BCUT2D eigenvalue weighted by molar-refractivity contribution is 4.99. The first kappa shape index (κ1) is 10.6. The van der Waals surface area contributed by atoms with Crippen molar-refractivity contribution in [3.63, 3.8) is 0 Å².